The largest absolute Gasteiger partial charge is 0.467 e. The summed E-state index contributed by atoms with van der Waals surface area (Å²) >= 11 is 0. The number of nitrogens with zero attached hydrogens (tertiary/aromatic N) is 1. The van der Waals surface area contributed by atoms with Crippen LogP contribution in [0.5, 0.6) is 0 Å². The van der Waals surface area contributed by atoms with Crippen molar-refractivity contribution in [3.8, 4) is 0 Å². The first-order chi connectivity index (χ1) is 13.7. The van der Waals surface area contributed by atoms with E-state index in [4.69, 9.17) is 9.41 Å². The van der Waals surface area contributed by atoms with E-state index >= 15 is 0 Å². The molecule has 1 aromatic carbocycles. The van der Waals surface area contributed by atoms with Crippen LogP contribution in [0.3, 0.4) is 0 Å². The Kier molecular flexibility index (Phi) is 7.53. The predicted octanol–water partition coefficient (Wildman–Crippen LogP) is 3.60. The number of guanidine groups is 1. The van der Waals surface area contributed by atoms with Crippen molar-refractivity contribution in [2.45, 2.75) is 58.2 Å². The molecule has 0 bridgehead atoms. The standard InChI is InChI=1S/C22H30N4O2/c1-2-23-22(26-19-10-4-3-5-11-19)25-15-17-8-6-9-18(14-17)21(27)24-16-20-12-7-13-28-20/h6-9,12-14,19H,2-5,10-11,15-16H2,1H3,(H,24,27)(H2,23,25,26). The van der Waals surface area contributed by atoms with Gasteiger partial charge in [0.05, 0.1) is 19.4 Å². The minimum absolute atomic E-state index is 0.116. The van der Waals surface area contributed by atoms with Crippen molar-refractivity contribution >= 4 is 11.9 Å². The Bertz CT molecular complexity index is 765. The molecule has 0 unspecified atom stereocenters. The monoisotopic (exact) mass is 382 g/mol. The van der Waals surface area contributed by atoms with Gasteiger partial charge in [-0.25, -0.2) is 4.99 Å². The average molecular weight is 383 g/mol. The molecule has 0 spiro atoms. The van der Waals surface area contributed by atoms with Crippen LogP contribution in [0.4, 0.5) is 0 Å². The van der Waals surface area contributed by atoms with Gasteiger partial charge in [0.2, 0.25) is 0 Å². The minimum Gasteiger partial charge on any atom is -0.467 e. The van der Waals surface area contributed by atoms with Crippen molar-refractivity contribution in [3.63, 3.8) is 0 Å². The van der Waals surface area contributed by atoms with Gasteiger partial charge in [0, 0.05) is 18.2 Å². The van der Waals surface area contributed by atoms with Crippen LogP contribution in [-0.4, -0.2) is 24.5 Å². The zero-order valence-electron chi connectivity index (χ0n) is 16.5. The second-order valence-electron chi connectivity index (χ2n) is 7.14. The van der Waals surface area contributed by atoms with Crippen molar-refractivity contribution in [3.05, 3.63) is 59.5 Å². The second-order valence-corrected chi connectivity index (χ2v) is 7.14. The Morgan fingerprint density at radius 3 is 2.75 bits per heavy atom. The molecular formula is C22H30N4O2. The van der Waals surface area contributed by atoms with Crippen LogP contribution in [0, 0.1) is 0 Å². The summed E-state index contributed by atoms with van der Waals surface area (Å²) < 4.78 is 5.25. The van der Waals surface area contributed by atoms with Crippen molar-refractivity contribution in [1.29, 1.82) is 0 Å². The van der Waals surface area contributed by atoms with Crippen LogP contribution in [0.1, 0.15) is 60.7 Å². The molecule has 1 aliphatic rings. The topological polar surface area (TPSA) is 78.7 Å². The molecule has 1 aliphatic carbocycles. The second kappa shape index (κ2) is 10.5. The average Bonchev–Trinajstić information content (AvgIpc) is 3.25. The van der Waals surface area contributed by atoms with Gasteiger partial charge in [-0.3, -0.25) is 4.79 Å². The van der Waals surface area contributed by atoms with Crippen molar-refractivity contribution in [2.75, 3.05) is 6.54 Å². The number of nitrogens with one attached hydrogen (secondary N) is 3. The molecule has 2 aromatic rings. The molecule has 0 atom stereocenters. The first-order valence-corrected chi connectivity index (χ1v) is 10.2. The number of hydrogen-bond acceptors (Lipinski definition) is 3. The number of amides is 1. The Hall–Kier alpha value is -2.76. The van der Waals surface area contributed by atoms with E-state index in [2.05, 4.69) is 22.9 Å². The van der Waals surface area contributed by atoms with E-state index in [1.165, 1.54) is 32.1 Å². The Morgan fingerprint density at radius 1 is 1.14 bits per heavy atom. The highest BCUT2D eigenvalue weighted by Gasteiger charge is 2.14. The molecule has 1 fully saturated rings. The van der Waals surface area contributed by atoms with Gasteiger partial charge in [0.25, 0.3) is 5.91 Å². The Balaban J connectivity index is 1.58. The SMILES string of the molecule is CCNC(=NCc1cccc(C(=O)NCc2ccco2)c1)NC1CCCCC1. The first kappa shape index (κ1) is 20.0. The molecule has 28 heavy (non-hydrogen) atoms. The van der Waals surface area contributed by atoms with Crippen LogP contribution in [-0.2, 0) is 13.1 Å². The zero-order valence-corrected chi connectivity index (χ0v) is 16.5. The first-order valence-electron chi connectivity index (χ1n) is 10.2. The summed E-state index contributed by atoms with van der Waals surface area (Å²) in [6.07, 6.45) is 7.91. The quantitative estimate of drug-likeness (QED) is 0.505. The van der Waals surface area contributed by atoms with E-state index in [9.17, 15) is 4.79 Å². The third kappa shape index (κ3) is 6.15. The van der Waals surface area contributed by atoms with Crippen LogP contribution in [0.2, 0.25) is 0 Å². The van der Waals surface area contributed by atoms with E-state index in [0.717, 1.165) is 23.8 Å². The van der Waals surface area contributed by atoms with E-state index in [-0.39, 0.29) is 5.91 Å². The molecule has 6 nitrogen and oxygen atoms in total. The number of benzene rings is 1. The molecule has 1 amide bonds. The van der Waals surface area contributed by atoms with E-state index in [1.54, 1.807) is 6.26 Å². The fraction of sp³-hybridized carbons (Fsp3) is 0.455. The van der Waals surface area contributed by atoms with Crippen LogP contribution in [0.25, 0.3) is 0 Å². The molecule has 0 saturated heterocycles. The lowest BCUT2D eigenvalue weighted by molar-refractivity contribution is 0.0948. The molecule has 1 heterocycles. The van der Waals surface area contributed by atoms with Gasteiger partial charge in [0.15, 0.2) is 5.96 Å². The lowest BCUT2D eigenvalue weighted by atomic mass is 9.96. The van der Waals surface area contributed by atoms with E-state index in [1.807, 2.05) is 36.4 Å². The Morgan fingerprint density at radius 2 is 2.00 bits per heavy atom. The summed E-state index contributed by atoms with van der Waals surface area (Å²) in [5.41, 5.74) is 1.64. The van der Waals surface area contributed by atoms with Crippen LogP contribution in [0.15, 0.2) is 52.1 Å². The highest BCUT2D eigenvalue weighted by atomic mass is 16.3. The maximum absolute atomic E-state index is 12.4. The minimum atomic E-state index is -0.116. The summed E-state index contributed by atoms with van der Waals surface area (Å²) in [6.45, 7) is 3.81. The Labute approximate surface area is 166 Å². The van der Waals surface area contributed by atoms with Gasteiger partial charge in [0.1, 0.15) is 5.76 Å². The maximum atomic E-state index is 12.4. The number of hydrogen-bond donors (Lipinski definition) is 3. The van der Waals surface area contributed by atoms with Gasteiger partial charge in [-0.2, -0.15) is 0 Å². The summed E-state index contributed by atoms with van der Waals surface area (Å²) in [5, 5.41) is 9.75. The van der Waals surface area contributed by atoms with Gasteiger partial charge in [-0.1, -0.05) is 31.4 Å². The fourth-order valence-electron chi connectivity index (χ4n) is 3.42. The summed E-state index contributed by atoms with van der Waals surface area (Å²) in [5.74, 6) is 1.47. The van der Waals surface area contributed by atoms with Gasteiger partial charge in [-0.15, -0.1) is 0 Å². The molecule has 0 aliphatic heterocycles. The highest BCUT2D eigenvalue weighted by Crippen LogP contribution is 2.17. The molecule has 150 valence electrons. The molecule has 3 rings (SSSR count). The van der Waals surface area contributed by atoms with E-state index in [0.29, 0.717) is 24.7 Å². The smallest absolute Gasteiger partial charge is 0.251 e. The highest BCUT2D eigenvalue weighted by molar-refractivity contribution is 5.94. The van der Waals surface area contributed by atoms with Crippen LogP contribution >= 0.6 is 0 Å². The number of furan rings is 1. The van der Waals surface area contributed by atoms with Gasteiger partial charge < -0.3 is 20.4 Å². The number of rotatable bonds is 7. The summed E-state index contributed by atoms with van der Waals surface area (Å²) in [7, 11) is 0. The number of carbonyl (C=O) groups excluding carboxylic acids is 1. The summed E-state index contributed by atoms with van der Waals surface area (Å²) in [4.78, 5) is 17.1. The predicted molar refractivity (Wildman–Crippen MR) is 111 cm³/mol. The summed E-state index contributed by atoms with van der Waals surface area (Å²) in [6, 6.07) is 11.8. The molecule has 0 radical (unpaired) electrons. The molecule has 1 saturated carbocycles. The lowest BCUT2D eigenvalue weighted by Crippen LogP contribution is -2.44. The fourth-order valence-corrected chi connectivity index (χ4v) is 3.42. The van der Waals surface area contributed by atoms with Crippen molar-refractivity contribution in [1.82, 2.24) is 16.0 Å². The van der Waals surface area contributed by atoms with Crippen LogP contribution < -0.4 is 16.0 Å². The van der Waals surface area contributed by atoms with E-state index < -0.39 is 0 Å². The number of carbonyl (C=O) groups is 1. The third-order valence-electron chi connectivity index (χ3n) is 4.90. The van der Waals surface area contributed by atoms with Gasteiger partial charge in [-0.05, 0) is 49.6 Å². The number of aliphatic imine (C=N–C) groups is 1. The zero-order chi connectivity index (χ0) is 19.6. The third-order valence-corrected chi connectivity index (χ3v) is 4.90. The van der Waals surface area contributed by atoms with Crippen molar-refractivity contribution < 1.29 is 9.21 Å². The molecule has 6 heteroatoms. The normalized spacial score (nSPS) is 15.2. The molecule has 3 N–H and O–H groups in total. The molecule has 1 aromatic heterocycles. The molecular weight excluding hydrogens is 352 g/mol. The lowest BCUT2D eigenvalue weighted by Gasteiger charge is -2.24. The maximum Gasteiger partial charge on any atom is 0.251 e. The van der Waals surface area contributed by atoms with Crippen molar-refractivity contribution in [2.24, 2.45) is 4.99 Å². The van der Waals surface area contributed by atoms with Gasteiger partial charge >= 0.3 is 0 Å².